The summed E-state index contributed by atoms with van der Waals surface area (Å²) in [5, 5.41) is 0. The number of benzene rings is 2. The van der Waals surface area contributed by atoms with Gasteiger partial charge in [0.1, 0.15) is 6.17 Å². The molecule has 3 atom stereocenters. The fraction of sp³-hybridized carbons (Fsp3) is 0.381. The zero-order chi connectivity index (χ0) is 20.5. The molecule has 0 spiro atoms. The number of nitrogens with zero attached hydrogens (tertiary/aromatic N) is 1. The molecule has 3 N–H and O–H groups in total. The first kappa shape index (κ1) is 20.3. The number of rotatable bonds is 4. The van der Waals surface area contributed by atoms with E-state index >= 15 is 0 Å². The van der Waals surface area contributed by atoms with Crippen LogP contribution in [-0.4, -0.2) is 36.1 Å². The van der Waals surface area contributed by atoms with Crippen LogP contribution >= 0.6 is 0 Å². The third kappa shape index (κ3) is 4.19. The van der Waals surface area contributed by atoms with Gasteiger partial charge in [-0.25, -0.2) is 4.39 Å². The quantitative estimate of drug-likeness (QED) is 0.790. The van der Waals surface area contributed by atoms with Crippen molar-refractivity contribution >= 4 is 5.91 Å². The maximum Gasteiger partial charge on any atom is 0.417 e. The van der Waals surface area contributed by atoms with Gasteiger partial charge in [0.2, 0.25) is 0 Å². The Hall–Kier alpha value is -2.41. The van der Waals surface area contributed by atoms with E-state index in [2.05, 4.69) is 5.73 Å². The number of likely N-dealkylation sites (tertiary alicyclic amines) is 1. The molecule has 1 fully saturated rings. The SMILES string of the molecule is C[C@@H](c1ccc(-c2ccccc2C(F)(F)F)cc1)[C@H]([NH3+])C(=O)N1CC[C@H](F)C1. The molecule has 3 nitrogen and oxygen atoms in total. The van der Waals surface area contributed by atoms with E-state index in [0.29, 0.717) is 18.5 Å². The fourth-order valence-corrected chi connectivity index (χ4v) is 3.55. The minimum Gasteiger partial charge on any atom is -0.347 e. The highest BCUT2D eigenvalue weighted by atomic mass is 19.4. The van der Waals surface area contributed by atoms with Gasteiger partial charge in [0.05, 0.1) is 12.1 Å². The van der Waals surface area contributed by atoms with Gasteiger partial charge in [0.25, 0.3) is 5.91 Å². The van der Waals surface area contributed by atoms with Gasteiger partial charge in [-0.15, -0.1) is 0 Å². The van der Waals surface area contributed by atoms with Crippen LogP contribution in [0.2, 0.25) is 0 Å². The normalized spacial score (nSPS) is 19.5. The molecule has 0 unspecified atom stereocenters. The highest BCUT2D eigenvalue weighted by Gasteiger charge is 2.35. The average Bonchev–Trinajstić information content (AvgIpc) is 3.12. The summed E-state index contributed by atoms with van der Waals surface area (Å²) in [6.45, 7) is 2.34. The molecule has 1 aliphatic rings. The third-order valence-corrected chi connectivity index (χ3v) is 5.34. The maximum atomic E-state index is 13.3. The Balaban J connectivity index is 1.78. The zero-order valence-electron chi connectivity index (χ0n) is 15.5. The summed E-state index contributed by atoms with van der Waals surface area (Å²) >= 11 is 0. The van der Waals surface area contributed by atoms with Crippen LogP contribution in [0.15, 0.2) is 48.5 Å². The van der Waals surface area contributed by atoms with E-state index in [0.717, 1.165) is 11.6 Å². The van der Waals surface area contributed by atoms with Crippen LogP contribution in [0, 0.1) is 0 Å². The Morgan fingerprint density at radius 3 is 2.36 bits per heavy atom. The van der Waals surface area contributed by atoms with Gasteiger partial charge < -0.3 is 10.6 Å². The van der Waals surface area contributed by atoms with E-state index in [1.54, 1.807) is 30.3 Å². The van der Waals surface area contributed by atoms with Crippen molar-refractivity contribution in [1.29, 1.82) is 0 Å². The number of hydrogen-bond acceptors (Lipinski definition) is 1. The summed E-state index contributed by atoms with van der Waals surface area (Å²) in [5.41, 5.74) is 4.64. The molecule has 7 heteroatoms. The molecule has 2 aromatic rings. The lowest BCUT2D eigenvalue weighted by Crippen LogP contribution is -2.69. The number of alkyl halides is 4. The Morgan fingerprint density at radius 1 is 1.14 bits per heavy atom. The van der Waals surface area contributed by atoms with Crippen LogP contribution in [0.1, 0.15) is 30.4 Å². The van der Waals surface area contributed by atoms with Crippen molar-refractivity contribution in [3.8, 4) is 11.1 Å². The van der Waals surface area contributed by atoms with Gasteiger partial charge in [-0.2, -0.15) is 13.2 Å². The Kier molecular flexibility index (Phi) is 5.74. The summed E-state index contributed by atoms with van der Waals surface area (Å²) in [7, 11) is 0. The lowest BCUT2D eigenvalue weighted by molar-refractivity contribution is -0.410. The predicted octanol–water partition coefficient (Wildman–Crippen LogP) is 3.66. The van der Waals surface area contributed by atoms with Crippen LogP contribution < -0.4 is 5.73 Å². The molecule has 2 aromatic carbocycles. The van der Waals surface area contributed by atoms with E-state index in [4.69, 9.17) is 0 Å². The van der Waals surface area contributed by atoms with Crippen molar-refractivity contribution in [2.24, 2.45) is 0 Å². The standard InChI is InChI=1S/C21H22F4N2O/c1-13(19(26)20(28)27-11-10-16(22)12-27)14-6-8-15(9-7-14)17-4-2-3-5-18(17)21(23,24)25/h2-9,13,16,19H,10-12,26H2,1H3/p+1/t13-,16-,19-/m0/s1. The van der Waals surface area contributed by atoms with Crippen LogP contribution in [0.5, 0.6) is 0 Å². The summed E-state index contributed by atoms with van der Waals surface area (Å²) in [5.74, 6) is -0.433. The summed E-state index contributed by atoms with van der Waals surface area (Å²) in [4.78, 5) is 14.0. The van der Waals surface area contributed by atoms with Gasteiger partial charge in [0.15, 0.2) is 6.04 Å². The molecule has 1 aliphatic heterocycles. The smallest absolute Gasteiger partial charge is 0.347 e. The fourth-order valence-electron chi connectivity index (χ4n) is 3.55. The topological polar surface area (TPSA) is 48.0 Å². The van der Waals surface area contributed by atoms with Gasteiger partial charge in [-0.05, 0) is 29.2 Å². The van der Waals surface area contributed by atoms with Gasteiger partial charge in [-0.3, -0.25) is 4.79 Å². The predicted molar refractivity (Wildman–Crippen MR) is 98.1 cm³/mol. The number of carbonyl (C=O) groups excluding carboxylic acids is 1. The van der Waals surface area contributed by atoms with Crippen molar-refractivity contribution in [2.75, 3.05) is 13.1 Å². The molecule has 1 saturated heterocycles. The summed E-state index contributed by atoms with van der Waals surface area (Å²) < 4.78 is 53.1. The van der Waals surface area contributed by atoms with E-state index < -0.39 is 24.0 Å². The number of amides is 1. The molecular weight excluding hydrogens is 372 g/mol. The van der Waals surface area contributed by atoms with Crippen molar-refractivity contribution in [3.63, 3.8) is 0 Å². The van der Waals surface area contributed by atoms with Crippen molar-refractivity contribution in [3.05, 3.63) is 59.7 Å². The second-order valence-corrected chi connectivity index (χ2v) is 7.23. The monoisotopic (exact) mass is 395 g/mol. The lowest BCUT2D eigenvalue weighted by Gasteiger charge is -2.22. The van der Waals surface area contributed by atoms with Gasteiger partial charge in [-0.1, -0.05) is 49.4 Å². The number of quaternary nitrogens is 1. The summed E-state index contributed by atoms with van der Waals surface area (Å²) in [6.07, 6.45) is -5.07. The first-order valence-electron chi connectivity index (χ1n) is 9.21. The molecule has 28 heavy (non-hydrogen) atoms. The molecular formula is C21H23F4N2O+. The maximum absolute atomic E-state index is 13.3. The Morgan fingerprint density at radius 2 is 1.79 bits per heavy atom. The molecule has 0 radical (unpaired) electrons. The molecule has 150 valence electrons. The lowest BCUT2D eigenvalue weighted by atomic mass is 9.90. The summed E-state index contributed by atoms with van der Waals surface area (Å²) in [6, 6.07) is 11.5. The Labute approximate surface area is 161 Å². The molecule has 0 bridgehead atoms. The highest BCUT2D eigenvalue weighted by Crippen LogP contribution is 2.37. The van der Waals surface area contributed by atoms with E-state index in [1.807, 2.05) is 6.92 Å². The molecule has 1 amide bonds. The van der Waals surface area contributed by atoms with Crippen LogP contribution in [0.3, 0.4) is 0 Å². The van der Waals surface area contributed by atoms with Crippen molar-refractivity contribution < 1.29 is 28.1 Å². The second-order valence-electron chi connectivity index (χ2n) is 7.23. The van der Waals surface area contributed by atoms with Crippen molar-refractivity contribution in [2.45, 2.75) is 37.7 Å². The Bertz CT molecular complexity index is 835. The molecule has 0 aromatic heterocycles. The third-order valence-electron chi connectivity index (χ3n) is 5.34. The second kappa shape index (κ2) is 7.91. The number of carbonyl (C=O) groups is 1. The molecule has 1 heterocycles. The van der Waals surface area contributed by atoms with Crippen LogP contribution in [-0.2, 0) is 11.0 Å². The van der Waals surface area contributed by atoms with E-state index in [9.17, 15) is 22.4 Å². The van der Waals surface area contributed by atoms with Gasteiger partial charge in [0, 0.05) is 12.5 Å². The minimum atomic E-state index is -4.43. The van der Waals surface area contributed by atoms with Crippen LogP contribution in [0.4, 0.5) is 17.6 Å². The number of hydrogen-bond donors (Lipinski definition) is 1. The molecule has 3 rings (SSSR count). The highest BCUT2D eigenvalue weighted by molar-refractivity contribution is 5.81. The molecule has 0 saturated carbocycles. The zero-order valence-corrected chi connectivity index (χ0v) is 15.5. The first-order valence-corrected chi connectivity index (χ1v) is 9.21. The van der Waals surface area contributed by atoms with E-state index in [-0.39, 0.29) is 23.9 Å². The largest absolute Gasteiger partial charge is 0.417 e. The first-order chi connectivity index (χ1) is 13.2. The van der Waals surface area contributed by atoms with Crippen molar-refractivity contribution in [1.82, 2.24) is 4.90 Å². The van der Waals surface area contributed by atoms with E-state index in [1.165, 1.54) is 17.0 Å². The van der Waals surface area contributed by atoms with Gasteiger partial charge >= 0.3 is 6.18 Å². The minimum absolute atomic E-state index is 0.102. The average molecular weight is 395 g/mol. The molecule has 0 aliphatic carbocycles. The van der Waals surface area contributed by atoms with Crippen LogP contribution in [0.25, 0.3) is 11.1 Å². The number of halogens is 4.